The predicted molar refractivity (Wildman–Crippen MR) is 85.1 cm³/mol. The van der Waals surface area contributed by atoms with E-state index in [1.807, 2.05) is 28.8 Å². The van der Waals surface area contributed by atoms with Gasteiger partial charge in [0.1, 0.15) is 0 Å². The standard InChI is InChI=1S/C16H19N5O2/c1-11-3-4-13(9-17-11)16(23)20-7-5-14(10-20)21-8-6-15(19-21)18-12(2)22/h3-4,6,8-9,14H,5,7,10H2,1-2H3,(H,18,19,22)/t14-/m0/s1. The summed E-state index contributed by atoms with van der Waals surface area (Å²) in [4.78, 5) is 29.5. The lowest BCUT2D eigenvalue weighted by Crippen LogP contribution is -2.29. The Labute approximate surface area is 134 Å². The number of carbonyl (C=O) groups is 2. The Morgan fingerprint density at radius 3 is 2.83 bits per heavy atom. The fourth-order valence-electron chi connectivity index (χ4n) is 2.71. The normalized spacial score (nSPS) is 17.3. The van der Waals surface area contributed by atoms with Crippen LogP contribution in [0, 0.1) is 6.92 Å². The van der Waals surface area contributed by atoms with Crippen molar-refractivity contribution >= 4 is 17.6 Å². The van der Waals surface area contributed by atoms with Gasteiger partial charge in [-0.25, -0.2) is 0 Å². The number of aryl methyl sites for hydroxylation is 1. The van der Waals surface area contributed by atoms with E-state index in [0.29, 0.717) is 24.5 Å². The maximum atomic E-state index is 12.5. The summed E-state index contributed by atoms with van der Waals surface area (Å²) in [6.07, 6.45) is 4.29. The first-order valence-corrected chi connectivity index (χ1v) is 7.57. The number of rotatable bonds is 3. The van der Waals surface area contributed by atoms with E-state index in [2.05, 4.69) is 15.4 Å². The van der Waals surface area contributed by atoms with Crippen LogP contribution in [0.15, 0.2) is 30.6 Å². The van der Waals surface area contributed by atoms with Crippen LogP contribution in [0.4, 0.5) is 5.82 Å². The number of hydrogen-bond acceptors (Lipinski definition) is 4. The minimum atomic E-state index is -0.148. The van der Waals surface area contributed by atoms with Crippen molar-refractivity contribution in [3.8, 4) is 0 Å². The first-order valence-electron chi connectivity index (χ1n) is 7.57. The van der Waals surface area contributed by atoms with Gasteiger partial charge in [0.15, 0.2) is 5.82 Å². The Balaban J connectivity index is 1.66. The summed E-state index contributed by atoms with van der Waals surface area (Å²) in [5.41, 5.74) is 1.50. The number of anilines is 1. The quantitative estimate of drug-likeness (QED) is 0.934. The number of amides is 2. The molecule has 1 atom stereocenters. The van der Waals surface area contributed by atoms with Crippen molar-refractivity contribution in [2.75, 3.05) is 18.4 Å². The van der Waals surface area contributed by atoms with Crippen molar-refractivity contribution in [3.63, 3.8) is 0 Å². The first-order chi connectivity index (χ1) is 11.0. The molecule has 0 spiro atoms. The van der Waals surface area contributed by atoms with Gasteiger partial charge in [0.05, 0.1) is 11.6 Å². The van der Waals surface area contributed by atoms with Crippen LogP contribution in [-0.4, -0.2) is 44.6 Å². The van der Waals surface area contributed by atoms with Crippen molar-refractivity contribution in [3.05, 3.63) is 41.9 Å². The monoisotopic (exact) mass is 313 g/mol. The molecule has 7 heteroatoms. The van der Waals surface area contributed by atoms with Gasteiger partial charge in [0, 0.05) is 44.2 Å². The fourth-order valence-corrected chi connectivity index (χ4v) is 2.71. The van der Waals surface area contributed by atoms with Crippen molar-refractivity contribution in [2.45, 2.75) is 26.3 Å². The molecular weight excluding hydrogens is 294 g/mol. The van der Waals surface area contributed by atoms with E-state index >= 15 is 0 Å². The van der Waals surface area contributed by atoms with Gasteiger partial charge < -0.3 is 10.2 Å². The zero-order valence-corrected chi connectivity index (χ0v) is 13.2. The summed E-state index contributed by atoms with van der Waals surface area (Å²) in [5.74, 6) is 0.379. The molecule has 1 aliphatic heterocycles. The van der Waals surface area contributed by atoms with Gasteiger partial charge in [-0.1, -0.05) is 0 Å². The Morgan fingerprint density at radius 2 is 2.13 bits per heavy atom. The minimum Gasteiger partial charge on any atom is -0.336 e. The highest BCUT2D eigenvalue weighted by Gasteiger charge is 2.28. The highest BCUT2D eigenvalue weighted by molar-refractivity contribution is 5.94. The lowest BCUT2D eigenvalue weighted by molar-refractivity contribution is -0.114. The summed E-state index contributed by atoms with van der Waals surface area (Å²) in [6.45, 7) is 4.63. The number of aromatic nitrogens is 3. The number of nitrogens with zero attached hydrogens (tertiary/aromatic N) is 4. The molecule has 120 valence electrons. The lowest BCUT2D eigenvalue weighted by atomic mass is 10.2. The highest BCUT2D eigenvalue weighted by Crippen LogP contribution is 2.23. The molecule has 0 radical (unpaired) electrons. The van der Waals surface area contributed by atoms with Gasteiger partial charge >= 0.3 is 0 Å². The second-order valence-corrected chi connectivity index (χ2v) is 5.74. The van der Waals surface area contributed by atoms with Crippen LogP contribution in [-0.2, 0) is 4.79 Å². The summed E-state index contributed by atoms with van der Waals surface area (Å²) in [5, 5.41) is 7.00. The van der Waals surface area contributed by atoms with Gasteiger partial charge in [-0.05, 0) is 25.5 Å². The van der Waals surface area contributed by atoms with E-state index in [1.54, 1.807) is 18.3 Å². The number of nitrogens with one attached hydrogen (secondary N) is 1. The molecule has 0 aliphatic carbocycles. The molecule has 3 rings (SSSR count). The van der Waals surface area contributed by atoms with E-state index < -0.39 is 0 Å². The molecule has 0 aromatic carbocycles. The minimum absolute atomic E-state index is 0.00533. The number of likely N-dealkylation sites (tertiary alicyclic amines) is 1. The lowest BCUT2D eigenvalue weighted by Gasteiger charge is -2.16. The van der Waals surface area contributed by atoms with E-state index in [4.69, 9.17) is 0 Å². The topological polar surface area (TPSA) is 80.1 Å². The molecule has 1 aliphatic rings. The number of pyridine rings is 1. The molecule has 2 aromatic rings. The Hall–Kier alpha value is -2.70. The highest BCUT2D eigenvalue weighted by atomic mass is 16.2. The summed E-state index contributed by atoms with van der Waals surface area (Å²) in [6, 6.07) is 5.53. The second-order valence-electron chi connectivity index (χ2n) is 5.74. The van der Waals surface area contributed by atoms with Crippen molar-refractivity contribution in [1.82, 2.24) is 19.7 Å². The zero-order valence-electron chi connectivity index (χ0n) is 13.2. The third-order valence-electron chi connectivity index (χ3n) is 3.90. The molecule has 2 aromatic heterocycles. The van der Waals surface area contributed by atoms with Crippen molar-refractivity contribution in [2.24, 2.45) is 0 Å². The number of hydrogen-bond donors (Lipinski definition) is 1. The molecular formula is C16H19N5O2. The average molecular weight is 313 g/mol. The molecule has 1 fully saturated rings. The SMILES string of the molecule is CC(=O)Nc1ccn([C@H]2CCN(C(=O)c3ccc(C)nc3)C2)n1. The van der Waals surface area contributed by atoms with Crippen molar-refractivity contribution < 1.29 is 9.59 Å². The van der Waals surface area contributed by atoms with Gasteiger partial charge in [0.2, 0.25) is 5.91 Å². The van der Waals surface area contributed by atoms with E-state index in [9.17, 15) is 9.59 Å². The Morgan fingerprint density at radius 1 is 1.30 bits per heavy atom. The summed E-state index contributed by atoms with van der Waals surface area (Å²) >= 11 is 0. The van der Waals surface area contributed by atoms with Crippen molar-refractivity contribution in [1.29, 1.82) is 0 Å². The van der Waals surface area contributed by atoms with Crippen LogP contribution in [0.2, 0.25) is 0 Å². The maximum Gasteiger partial charge on any atom is 0.255 e. The summed E-state index contributed by atoms with van der Waals surface area (Å²) < 4.78 is 1.81. The van der Waals surface area contributed by atoms with Crippen LogP contribution in [0.5, 0.6) is 0 Å². The van der Waals surface area contributed by atoms with Crippen LogP contribution in [0.25, 0.3) is 0 Å². The molecule has 1 N–H and O–H groups in total. The zero-order chi connectivity index (χ0) is 16.4. The molecule has 7 nitrogen and oxygen atoms in total. The third kappa shape index (κ3) is 3.39. The van der Waals surface area contributed by atoms with E-state index in [-0.39, 0.29) is 17.9 Å². The average Bonchev–Trinajstić information content (AvgIpc) is 3.15. The maximum absolute atomic E-state index is 12.5. The van der Waals surface area contributed by atoms with Gasteiger partial charge in [-0.15, -0.1) is 0 Å². The molecule has 2 amide bonds. The molecule has 0 bridgehead atoms. The Kier molecular flexibility index (Phi) is 4.10. The van der Waals surface area contributed by atoms with Crippen LogP contribution in [0.3, 0.4) is 0 Å². The smallest absolute Gasteiger partial charge is 0.255 e. The largest absolute Gasteiger partial charge is 0.336 e. The van der Waals surface area contributed by atoms with Gasteiger partial charge in [0.25, 0.3) is 5.91 Å². The second kappa shape index (κ2) is 6.20. The Bertz CT molecular complexity index is 722. The first kappa shape index (κ1) is 15.2. The van der Waals surface area contributed by atoms with Crippen LogP contribution in [0.1, 0.15) is 35.4 Å². The molecule has 23 heavy (non-hydrogen) atoms. The third-order valence-corrected chi connectivity index (χ3v) is 3.90. The van der Waals surface area contributed by atoms with E-state index in [0.717, 1.165) is 12.1 Å². The summed E-state index contributed by atoms with van der Waals surface area (Å²) in [7, 11) is 0. The number of carbonyl (C=O) groups excluding carboxylic acids is 2. The fraction of sp³-hybridized carbons (Fsp3) is 0.375. The molecule has 3 heterocycles. The van der Waals surface area contributed by atoms with E-state index in [1.165, 1.54) is 6.92 Å². The molecule has 0 saturated carbocycles. The van der Waals surface area contributed by atoms with Crippen LogP contribution < -0.4 is 5.32 Å². The molecule has 1 saturated heterocycles. The molecule has 0 unspecified atom stereocenters. The van der Waals surface area contributed by atoms with Crippen LogP contribution >= 0.6 is 0 Å². The van der Waals surface area contributed by atoms with Gasteiger partial charge in [-0.2, -0.15) is 5.10 Å². The van der Waals surface area contributed by atoms with Gasteiger partial charge in [-0.3, -0.25) is 19.3 Å². The predicted octanol–water partition coefficient (Wildman–Crippen LogP) is 1.63.